The second-order valence-corrected chi connectivity index (χ2v) is 9.95. The summed E-state index contributed by atoms with van der Waals surface area (Å²) < 4.78 is 25.0. The van der Waals surface area contributed by atoms with Gasteiger partial charge in [0, 0.05) is 44.1 Å². The van der Waals surface area contributed by atoms with Gasteiger partial charge in [0.05, 0.1) is 0 Å². The molecule has 8 heteroatoms. The Kier molecular flexibility index (Phi) is 9.77. The van der Waals surface area contributed by atoms with E-state index in [1.807, 2.05) is 18.2 Å². The Hall–Kier alpha value is -3.13. The number of phenols is 1. The monoisotopic (exact) mass is 512 g/mol. The Balaban J connectivity index is 1.25. The molecule has 2 heterocycles. The number of Topliss-reactive ketones (excluding diaryl/α,β-unsaturated/α-hetero) is 1. The molecule has 0 unspecified atom stereocenters. The lowest BCUT2D eigenvalue weighted by Gasteiger charge is -2.32. The number of halogens is 1. The lowest BCUT2D eigenvalue weighted by Crippen LogP contribution is -2.47. The van der Waals surface area contributed by atoms with Crippen LogP contribution in [0.1, 0.15) is 60.9 Å². The first-order chi connectivity index (χ1) is 18.0. The van der Waals surface area contributed by atoms with Crippen LogP contribution < -0.4 is 14.8 Å². The normalized spacial score (nSPS) is 16.8. The highest BCUT2D eigenvalue weighted by molar-refractivity contribution is 5.96. The van der Waals surface area contributed by atoms with Crippen molar-refractivity contribution in [1.82, 2.24) is 10.2 Å². The number of benzene rings is 2. The average Bonchev–Trinajstić information content (AvgIpc) is 2.90. The molecule has 1 saturated heterocycles. The molecular formula is C29H37FN2O5. The van der Waals surface area contributed by atoms with Crippen molar-refractivity contribution in [3.63, 3.8) is 0 Å². The van der Waals surface area contributed by atoms with Gasteiger partial charge in [0.25, 0.3) is 0 Å². The van der Waals surface area contributed by atoms with Gasteiger partial charge in [-0.2, -0.15) is 0 Å². The fourth-order valence-corrected chi connectivity index (χ4v) is 4.90. The fourth-order valence-electron chi connectivity index (χ4n) is 4.90. The molecule has 200 valence electrons. The summed E-state index contributed by atoms with van der Waals surface area (Å²) in [6.07, 6.45) is 4.02. The van der Waals surface area contributed by atoms with E-state index in [4.69, 9.17) is 9.47 Å². The zero-order valence-electron chi connectivity index (χ0n) is 21.3. The Bertz CT molecular complexity index is 1040. The van der Waals surface area contributed by atoms with E-state index in [0.29, 0.717) is 83.4 Å². The Morgan fingerprint density at radius 2 is 1.68 bits per heavy atom. The van der Waals surface area contributed by atoms with E-state index in [2.05, 4.69) is 10.2 Å². The zero-order chi connectivity index (χ0) is 26.0. The Morgan fingerprint density at radius 3 is 2.43 bits per heavy atom. The van der Waals surface area contributed by atoms with Gasteiger partial charge in [-0.3, -0.25) is 9.59 Å². The van der Waals surface area contributed by atoms with Gasteiger partial charge in [0.2, 0.25) is 5.91 Å². The number of fused-ring (bicyclic) bond motifs is 1. The van der Waals surface area contributed by atoms with Crippen molar-refractivity contribution in [3.05, 3.63) is 53.6 Å². The number of carbonyl (C=O) groups excluding carboxylic acids is 2. The van der Waals surface area contributed by atoms with Gasteiger partial charge in [-0.25, -0.2) is 4.39 Å². The summed E-state index contributed by atoms with van der Waals surface area (Å²) >= 11 is 0. The van der Waals surface area contributed by atoms with Crippen LogP contribution >= 0.6 is 0 Å². The molecule has 0 spiro atoms. The predicted octanol–water partition coefficient (Wildman–Crippen LogP) is 4.46. The predicted molar refractivity (Wildman–Crippen MR) is 139 cm³/mol. The maximum Gasteiger partial charge on any atom is 0.220 e. The maximum absolute atomic E-state index is 13.6. The average molecular weight is 513 g/mol. The minimum absolute atomic E-state index is 0.00668. The Morgan fingerprint density at radius 1 is 0.973 bits per heavy atom. The number of rotatable bonds is 12. The lowest BCUT2D eigenvalue weighted by atomic mass is 10.0. The molecule has 0 aromatic heterocycles. The third-order valence-electron chi connectivity index (χ3n) is 6.95. The van der Waals surface area contributed by atoms with E-state index in [0.717, 1.165) is 23.5 Å². The van der Waals surface area contributed by atoms with E-state index in [-0.39, 0.29) is 23.5 Å². The van der Waals surface area contributed by atoms with Gasteiger partial charge < -0.3 is 24.8 Å². The molecule has 2 N–H and O–H groups in total. The van der Waals surface area contributed by atoms with E-state index in [1.54, 1.807) is 12.1 Å². The van der Waals surface area contributed by atoms with Gasteiger partial charge in [-0.15, -0.1) is 0 Å². The van der Waals surface area contributed by atoms with Crippen LogP contribution in [0.2, 0.25) is 0 Å². The number of nitrogens with one attached hydrogen (secondary N) is 1. The number of carbonyl (C=O) groups is 2. The SMILES string of the molecule is O=C(CCCCCC(=O)c1ccc(O)cc1)N[C@@H](Cc1ccc2c(c1)OCCO2)CN1CCC(F)CC1. The molecule has 2 aromatic carbocycles. The second kappa shape index (κ2) is 13.4. The molecule has 37 heavy (non-hydrogen) atoms. The number of nitrogens with zero attached hydrogens (tertiary/aromatic N) is 1. The summed E-state index contributed by atoms with van der Waals surface area (Å²) in [5, 5.41) is 12.6. The molecule has 2 aliphatic rings. The van der Waals surface area contributed by atoms with Crippen LogP contribution in [0.15, 0.2) is 42.5 Å². The number of hydrogen-bond acceptors (Lipinski definition) is 6. The third-order valence-corrected chi connectivity index (χ3v) is 6.95. The van der Waals surface area contributed by atoms with Crippen molar-refractivity contribution in [3.8, 4) is 17.2 Å². The Labute approximate surface area is 218 Å². The fraction of sp³-hybridized carbons (Fsp3) is 0.517. The first-order valence-corrected chi connectivity index (χ1v) is 13.3. The second-order valence-electron chi connectivity index (χ2n) is 9.95. The molecule has 0 aliphatic carbocycles. The maximum atomic E-state index is 13.6. The number of unbranched alkanes of at least 4 members (excludes halogenated alkanes) is 2. The number of phenolic OH excluding ortho intramolecular Hbond substituents is 1. The first kappa shape index (κ1) is 26.9. The molecule has 7 nitrogen and oxygen atoms in total. The van der Waals surface area contributed by atoms with Crippen LogP contribution in [0.4, 0.5) is 4.39 Å². The van der Waals surface area contributed by atoms with Crippen LogP contribution in [0, 0.1) is 0 Å². The molecule has 0 bridgehead atoms. The largest absolute Gasteiger partial charge is 0.508 e. The third kappa shape index (κ3) is 8.45. The summed E-state index contributed by atoms with van der Waals surface area (Å²) in [5.74, 6) is 1.65. The number of ether oxygens (including phenoxy) is 2. The number of likely N-dealkylation sites (tertiary alicyclic amines) is 1. The summed E-state index contributed by atoms with van der Waals surface area (Å²) in [4.78, 5) is 27.3. The topological polar surface area (TPSA) is 88.1 Å². The number of amides is 1. The van der Waals surface area contributed by atoms with E-state index in [9.17, 15) is 19.1 Å². The number of hydrogen-bond donors (Lipinski definition) is 2. The summed E-state index contributed by atoms with van der Waals surface area (Å²) in [5.41, 5.74) is 1.65. The molecule has 0 saturated carbocycles. The highest BCUT2D eigenvalue weighted by atomic mass is 19.1. The molecular weight excluding hydrogens is 475 g/mol. The molecule has 1 fully saturated rings. The van der Waals surface area contributed by atoms with Gasteiger partial charge in [0.15, 0.2) is 17.3 Å². The first-order valence-electron chi connectivity index (χ1n) is 13.3. The number of ketones is 1. The van der Waals surface area contributed by atoms with Crippen LogP contribution in [0.25, 0.3) is 0 Å². The van der Waals surface area contributed by atoms with Crippen molar-refractivity contribution < 1.29 is 28.6 Å². The summed E-state index contributed by atoms with van der Waals surface area (Å²) in [6, 6.07) is 12.1. The van der Waals surface area contributed by atoms with Crippen LogP contribution in [0.5, 0.6) is 17.2 Å². The van der Waals surface area contributed by atoms with Crippen molar-refractivity contribution in [2.75, 3.05) is 32.8 Å². The van der Waals surface area contributed by atoms with Gasteiger partial charge in [0.1, 0.15) is 25.1 Å². The summed E-state index contributed by atoms with van der Waals surface area (Å²) in [6.45, 7) is 3.14. The number of piperidine rings is 1. The van der Waals surface area contributed by atoms with Gasteiger partial charge in [-0.05, 0) is 74.1 Å². The van der Waals surface area contributed by atoms with Crippen molar-refractivity contribution in [2.45, 2.75) is 63.6 Å². The van der Waals surface area contributed by atoms with Crippen LogP contribution in [-0.2, 0) is 11.2 Å². The van der Waals surface area contributed by atoms with E-state index < -0.39 is 6.17 Å². The molecule has 2 aliphatic heterocycles. The van der Waals surface area contributed by atoms with E-state index >= 15 is 0 Å². The lowest BCUT2D eigenvalue weighted by molar-refractivity contribution is -0.122. The van der Waals surface area contributed by atoms with Crippen LogP contribution in [-0.4, -0.2) is 66.8 Å². The molecule has 1 atom stereocenters. The molecule has 2 aromatic rings. The quantitative estimate of drug-likeness (QED) is 0.323. The molecule has 0 radical (unpaired) electrons. The molecule has 4 rings (SSSR count). The van der Waals surface area contributed by atoms with Gasteiger partial charge >= 0.3 is 0 Å². The van der Waals surface area contributed by atoms with Gasteiger partial charge in [-0.1, -0.05) is 12.5 Å². The van der Waals surface area contributed by atoms with Crippen LogP contribution in [0.3, 0.4) is 0 Å². The van der Waals surface area contributed by atoms with Crippen molar-refractivity contribution >= 4 is 11.7 Å². The molecule has 1 amide bonds. The highest BCUT2D eigenvalue weighted by Gasteiger charge is 2.23. The van der Waals surface area contributed by atoms with Crippen molar-refractivity contribution in [1.29, 1.82) is 0 Å². The number of alkyl halides is 1. The summed E-state index contributed by atoms with van der Waals surface area (Å²) in [7, 11) is 0. The minimum atomic E-state index is -0.733. The van der Waals surface area contributed by atoms with E-state index in [1.165, 1.54) is 12.1 Å². The highest BCUT2D eigenvalue weighted by Crippen LogP contribution is 2.31. The number of aromatic hydroxyl groups is 1. The van der Waals surface area contributed by atoms with Crippen molar-refractivity contribution in [2.24, 2.45) is 0 Å². The standard InChI is InChI=1S/C29H37FN2O5/c30-23-12-14-32(15-13-23)20-24(18-21-6-11-27-28(19-21)37-17-16-36-27)31-29(35)5-3-1-2-4-26(34)22-7-9-25(33)10-8-22/h6-11,19,23-24,33H,1-5,12-18,20H2,(H,31,35)/t24-/m0/s1. The minimum Gasteiger partial charge on any atom is -0.508 e. The smallest absolute Gasteiger partial charge is 0.220 e. The zero-order valence-corrected chi connectivity index (χ0v) is 21.3.